The van der Waals surface area contributed by atoms with Crippen LogP contribution in [0.2, 0.25) is 0 Å². The molecule has 1 aromatic heterocycles. The lowest BCUT2D eigenvalue weighted by molar-refractivity contribution is 0.0958. The molecule has 8 heteroatoms. The van der Waals surface area contributed by atoms with Gasteiger partial charge in [-0.05, 0) is 47.5 Å². The van der Waals surface area contributed by atoms with Crippen molar-refractivity contribution in [2.24, 2.45) is 0 Å². The van der Waals surface area contributed by atoms with Crippen LogP contribution in [0.3, 0.4) is 0 Å². The molecule has 4 aromatic rings. The van der Waals surface area contributed by atoms with Crippen molar-refractivity contribution in [2.75, 3.05) is 5.43 Å². The number of aromatic amines is 1. The van der Waals surface area contributed by atoms with Gasteiger partial charge in [0.1, 0.15) is 11.6 Å². The Balaban J connectivity index is 1.51. The summed E-state index contributed by atoms with van der Waals surface area (Å²) in [6, 6.07) is 16.4. The Labute approximate surface area is 163 Å². The lowest BCUT2D eigenvalue weighted by Gasteiger charge is -2.10. The number of amides is 1. The van der Waals surface area contributed by atoms with Crippen LogP contribution in [-0.2, 0) is 0 Å². The molecular weight excluding hydrogens is 378 g/mol. The number of rotatable bonds is 4. The first-order chi connectivity index (χ1) is 14.0. The Morgan fingerprint density at radius 2 is 1.66 bits per heavy atom. The van der Waals surface area contributed by atoms with E-state index in [9.17, 15) is 18.4 Å². The maximum Gasteiger partial charge on any atom is 0.272 e. The molecule has 0 atom stereocenters. The molecule has 0 unspecified atom stereocenters. The highest BCUT2D eigenvalue weighted by Crippen LogP contribution is 2.22. The van der Waals surface area contributed by atoms with Crippen LogP contribution in [-0.4, -0.2) is 15.9 Å². The molecule has 0 spiro atoms. The van der Waals surface area contributed by atoms with Crippen molar-refractivity contribution in [1.29, 1.82) is 0 Å². The minimum Gasteiger partial charge on any atom is -0.291 e. The van der Waals surface area contributed by atoms with Gasteiger partial charge in [0.05, 0.1) is 16.5 Å². The number of benzene rings is 3. The Morgan fingerprint density at radius 3 is 2.41 bits per heavy atom. The normalized spacial score (nSPS) is 10.7. The molecule has 4 rings (SSSR count). The van der Waals surface area contributed by atoms with E-state index in [1.807, 2.05) is 0 Å². The van der Waals surface area contributed by atoms with E-state index in [0.717, 1.165) is 0 Å². The monoisotopic (exact) mass is 392 g/mol. The van der Waals surface area contributed by atoms with Crippen LogP contribution in [0.4, 0.5) is 14.7 Å². The van der Waals surface area contributed by atoms with E-state index in [1.165, 1.54) is 36.4 Å². The molecule has 0 saturated heterocycles. The van der Waals surface area contributed by atoms with Crippen molar-refractivity contribution >= 4 is 22.8 Å². The van der Waals surface area contributed by atoms with Crippen molar-refractivity contribution in [3.8, 4) is 11.1 Å². The number of nitrogens with one attached hydrogen (secondary N) is 3. The number of hydrogen-bond donors (Lipinski definition) is 3. The molecule has 6 nitrogen and oxygen atoms in total. The van der Waals surface area contributed by atoms with Crippen LogP contribution in [0.25, 0.3) is 22.0 Å². The third-order valence-corrected chi connectivity index (χ3v) is 4.30. The van der Waals surface area contributed by atoms with E-state index in [-0.39, 0.29) is 17.1 Å². The van der Waals surface area contributed by atoms with Gasteiger partial charge in [0.15, 0.2) is 0 Å². The molecule has 0 saturated carbocycles. The van der Waals surface area contributed by atoms with Crippen LogP contribution in [0.5, 0.6) is 0 Å². The predicted molar refractivity (Wildman–Crippen MR) is 105 cm³/mol. The molecule has 29 heavy (non-hydrogen) atoms. The summed E-state index contributed by atoms with van der Waals surface area (Å²) < 4.78 is 27.5. The predicted octanol–water partition coefficient (Wildman–Crippen LogP) is 3.63. The third-order valence-electron chi connectivity index (χ3n) is 4.30. The summed E-state index contributed by atoms with van der Waals surface area (Å²) in [5, 5.41) is 0.409. The Bertz CT molecular complexity index is 1270. The molecule has 0 bridgehead atoms. The number of aromatic nitrogens is 2. The summed E-state index contributed by atoms with van der Waals surface area (Å²) in [5.41, 5.74) is 5.78. The number of halogens is 2. The molecular formula is C21H14F2N4O2. The number of hydrazine groups is 1. The molecule has 0 aliphatic carbocycles. The first-order valence-electron chi connectivity index (χ1n) is 8.62. The molecule has 0 aliphatic heterocycles. The molecule has 1 heterocycles. The lowest BCUT2D eigenvalue weighted by Crippen LogP contribution is -2.32. The number of para-hydroxylation sites is 1. The lowest BCUT2D eigenvalue weighted by atomic mass is 10.0. The van der Waals surface area contributed by atoms with Crippen molar-refractivity contribution in [1.82, 2.24) is 15.4 Å². The summed E-state index contributed by atoms with van der Waals surface area (Å²) in [6.07, 6.45) is 0. The quantitative estimate of drug-likeness (QED) is 0.463. The molecule has 3 N–H and O–H groups in total. The zero-order valence-corrected chi connectivity index (χ0v) is 14.9. The fraction of sp³-hybridized carbons (Fsp3) is 0. The number of carbonyl (C=O) groups is 1. The fourth-order valence-corrected chi connectivity index (χ4v) is 2.85. The molecule has 144 valence electrons. The summed E-state index contributed by atoms with van der Waals surface area (Å²) >= 11 is 0. The van der Waals surface area contributed by atoms with Gasteiger partial charge in [-0.1, -0.05) is 30.3 Å². The van der Waals surface area contributed by atoms with Crippen molar-refractivity contribution in [3.05, 3.63) is 94.3 Å². The number of fused-ring (bicyclic) bond motifs is 1. The van der Waals surface area contributed by atoms with E-state index >= 15 is 0 Å². The van der Waals surface area contributed by atoms with Crippen molar-refractivity contribution in [2.45, 2.75) is 0 Å². The van der Waals surface area contributed by atoms with E-state index in [1.54, 1.807) is 30.3 Å². The van der Waals surface area contributed by atoms with Gasteiger partial charge in [-0.3, -0.25) is 25.4 Å². The Hall–Kier alpha value is -4.07. The van der Waals surface area contributed by atoms with Gasteiger partial charge >= 0.3 is 0 Å². The number of H-pyrrole nitrogens is 1. The smallest absolute Gasteiger partial charge is 0.272 e. The second kappa shape index (κ2) is 7.51. The maximum atomic E-state index is 14.4. The third kappa shape index (κ3) is 3.81. The van der Waals surface area contributed by atoms with E-state index in [0.29, 0.717) is 22.0 Å². The highest BCUT2D eigenvalue weighted by atomic mass is 19.1. The largest absolute Gasteiger partial charge is 0.291 e. The van der Waals surface area contributed by atoms with Gasteiger partial charge in [-0.25, -0.2) is 13.8 Å². The zero-order valence-electron chi connectivity index (χ0n) is 14.9. The van der Waals surface area contributed by atoms with Crippen molar-refractivity contribution in [3.63, 3.8) is 0 Å². The number of carbonyl (C=O) groups excluding carboxylic acids is 1. The number of anilines is 1. The minimum absolute atomic E-state index is 0.0189. The fourth-order valence-electron chi connectivity index (χ4n) is 2.85. The molecule has 0 aliphatic rings. The second-order valence-corrected chi connectivity index (χ2v) is 6.21. The average Bonchev–Trinajstić information content (AvgIpc) is 2.72. The Morgan fingerprint density at radius 1 is 0.931 bits per heavy atom. The summed E-state index contributed by atoms with van der Waals surface area (Å²) in [6.45, 7) is 0. The van der Waals surface area contributed by atoms with E-state index in [2.05, 4.69) is 20.8 Å². The first kappa shape index (κ1) is 18.3. The van der Waals surface area contributed by atoms with Crippen LogP contribution >= 0.6 is 0 Å². The highest BCUT2D eigenvalue weighted by molar-refractivity contribution is 5.95. The van der Waals surface area contributed by atoms with Gasteiger partial charge in [0.25, 0.3) is 11.5 Å². The Kier molecular flexibility index (Phi) is 4.74. The second-order valence-electron chi connectivity index (χ2n) is 6.21. The van der Waals surface area contributed by atoms with E-state index < -0.39 is 17.5 Å². The molecule has 1 amide bonds. The summed E-state index contributed by atoms with van der Waals surface area (Å²) in [7, 11) is 0. The zero-order chi connectivity index (χ0) is 20.4. The standard InChI is InChI=1S/C21H14F2N4O2/c22-14-8-5-12(6-9-14)13-7-10-15(17(23)11-13)20(29)26-27-21-24-18-4-2-1-3-16(18)19(28)25-21/h1-11H,(H,26,29)(H2,24,25,27,28). The SMILES string of the molecule is O=C(NNc1nc2ccccc2c(=O)[nH]1)c1ccc(-c2ccc(F)cc2)cc1F. The molecule has 0 fully saturated rings. The van der Waals surface area contributed by atoms with Gasteiger partial charge in [0, 0.05) is 0 Å². The minimum atomic E-state index is -0.746. The van der Waals surface area contributed by atoms with E-state index in [4.69, 9.17) is 0 Å². The van der Waals surface area contributed by atoms with Crippen LogP contribution in [0.1, 0.15) is 10.4 Å². The highest BCUT2D eigenvalue weighted by Gasteiger charge is 2.13. The first-order valence-corrected chi connectivity index (χ1v) is 8.62. The molecule has 3 aromatic carbocycles. The van der Waals surface area contributed by atoms with Crippen LogP contribution < -0.4 is 16.4 Å². The summed E-state index contributed by atoms with van der Waals surface area (Å²) in [5.74, 6) is -1.86. The van der Waals surface area contributed by atoms with Crippen LogP contribution in [0.15, 0.2) is 71.5 Å². The van der Waals surface area contributed by atoms with Gasteiger partial charge in [-0.2, -0.15) is 0 Å². The van der Waals surface area contributed by atoms with Gasteiger partial charge in [0.2, 0.25) is 5.95 Å². The summed E-state index contributed by atoms with van der Waals surface area (Å²) in [4.78, 5) is 31.0. The van der Waals surface area contributed by atoms with Crippen LogP contribution in [0, 0.1) is 11.6 Å². The van der Waals surface area contributed by atoms with Gasteiger partial charge in [-0.15, -0.1) is 0 Å². The molecule has 0 radical (unpaired) electrons. The number of nitrogens with zero attached hydrogens (tertiary/aromatic N) is 1. The topological polar surface area (TPSA) is 86.9 Å². The number of hydrogen-bond acceptors (Lipinski definition) is 4. The maximum absolute atomic E-state index is 14.4. The van der Waals surface area contributed by atoms with Crippen molar-refractivity contribution < 1.29 is 13.6 Å². The van der Waals surface area contributed by atoms with Gasteiger partial charge < -0.3 is 0 Å². The average molecular weight is 392 g/mol.